The Morgan fingerprint density at radius 3 is 2.67 bits per heavy atom. The van der Waals surface area contributed by atoms with Crippen molar-refractivity contribution >= 4 is 5.69 Å². The van der Waals surface area contributed by atoms with Crippen LogP contribution in [0.4, 0.5) is 18.9 Å². The van der Waals surface area contributed by atoms with Crippen LogP contribution in [0.5, 0.6) is 0 Å². The summed E-state index contributed by atoms with van der Waals surface area (Å²) in [5, 5.41) is 8.85. The number of anilines is 1. The largest absolute Gasteiger partial charge is 0.417 e. The molecule has 2 N–H and O–H groups in total. The van der Waals surface area contributed by atoms with E-state index in [1.165, 1.54) is 6.07 Å². The second-order valence-corrected chi connectivity index (χ2v) is 5.42. The monoisotopic (exact) mass is 297 g/mol. The van der Waals surface area contributed by atoms with Crippen LogP contribution in [-0.2, 0) is 6.18 Å². The Morgan fingerprint density at radius 1 is 1.38 bits per heavy atom. The van der Waals surface area contributed by atoms with E-state index in [0.717, 1.165) is 25.3 Å². The first kappa shape index (κ1) is 15.6. The van der Waals surface area contributed by atoms with Gasteiger partial charge in [0.25, 0.3) is 0 Å². The second kappa shape index (κ2) is 5.94. The number of nitrogens with two attached hydrogens (primary N) is 1. The van der Waals surface area contributed by atoms with Crippen LogP contribution >= 0.6 is 0 Å². The van der Waals surface area contributed by atoms with E-state index in [1.54, 1.807) is 12.1 Å². The van der Waals surface area contributed by atoms with Gasteiger partial charge in [-0.15, -0.1) is 0 Å². The molecule has 114 valence electrons. The molecule has 3 nitrogen and oxygen atoms in total. The molecular formula is C15H18F3N3. The lowest BCUT2D eigenvalue weighted by Crippen LogP contribution is -2.49. The topological polar surface area (TPSA) is 53.0 Å². The molecule has 1 aromatic carbocycles. The van der Waals surface area contributed by atoms with Crippen LogP contribution in [0.3, 0.4) is 0 Å². The van der Waals surface area contributed by atoms with Gasteiger partial charge in [0.05, 0.1) is 17.2 Å². The zero-order valence-electron chi connectivity index (χ0n) is 11.8. The van der Waals surface area contributed by atoms with Crippen molar-refractivity contribution in [2.75, 3.05) is 11.4 Å². The van der Waals surface area contributed by atoms with Crippen LogP contribution in [0.25, 0.3) is 0 Å². The zero-order valence-corrected chi connectivity index (χ0v) is 11.8. The van der Waals surface area contributed by atoms with E-state index in [2.05, 4.69) is 0 Å². The molecule has 2 unspecified atom stereocenters. The van der Waals surface area contributed by atoms with Crippen LogP contribution in [-0.4, -0.2) is 18.6 Å². The number of nitrogens with zero attached hydrogens (tertiary/aromatic N) is 2. The molecule has 1 aliphatic rings. The van der Waals surface area contributed by atoms with Crippen LogP contribution in [0.15, 0.2) is 18.2 Å². The van der Waals surface area contributed by atoms with Crippen LogP contribution < -0.4 is 10.6 Å². The number of benzene rings is 1. The highest BCUT2D eigenvalue weighted by molar-refractivity contribution is 5.56. The average Bonchev–Trinajstić information content (AvgIpc) is 2.45. The fourth-order valence-corrected chi connectivity index (χ4v) is 3.01. The van der Waals surface area contributed by atoms with Gasteiger partial charge < -0.3 is 10.6 Å². The van der Waals surface area contributed by atoms with E-state index in [-0.39, 0.29) is 17.6 Å². The Hall–Kier alpha value is -1.74. The fraction of sp³-hybridized carbons (Fsp3) is 0.533. The average molecular weight is 297 g/mol. The predicted molar refractivity (Wildman–Crippen MR) is 74.8 cm³/mol. The number of nitriles is 1. The molecular weight excluding hydrogens is 279 g/mol. The first-order chi connectivity index (χ1) is 9.88. The summed E-state index contributed by atoms with van der Waals surface area (Å²) in [6.07, 6.45) is -1.69. The summed E-state index contributed by atoms with van der Waals surface area (Å²) in [5.74, 6) is 0. The molecule has 0 radical (unpaired) electrons. The van der Waals surface area contributed by atoms with Crippen LogP contribution in [0, 0.1) is 11.3 Å². The highest BCUT2D eigenvalue weighted by atomic mass is 19.4. The number of hydrogen-bond acceptors (Lipinski definition) is 3. The van der Waals surface area contributed by atoms with Crippen LogP contribution in [0.1, 0.15) is 37.3 Å². The van der Waals surface area contributed by atoms with Gasteiger partial charge in [0, 0.05) is 24.3 Å². The number of piperidine rings is 1. The number of alkyl halides is 3. The highest BCUT2D eigenvalue weighted by Gasteiger charge is 2.35. The van der Waals surface area contributed by atoms with Crippen molar-refractivity contribution in [2.45, 2.75) is 44.4 Å². The molecule has 6 heteroatoms. The van der Waals surface area contributed by atoms with Gasteiger partial charge in [-0.3, -0.25) is 0 Å². The van der Waals surface area contributed by atoms with Gasteiger partial charge in [0.2, 0.25) is 0 Å². The Labute approximate surface area is 122 Å². The van der Waals surface area contributed by atoms with E-state index in [1.807, 2.05) is 11.8 Å². The quantitative estimate of drug-likeness (QED) is 0.911. The van der Waals surface area contributed by atoms with Gasteiger partial charge in [0.1, 0.15) is 0 Å². The maximum absolute atomic E-state index is 13.1. The van der Waals surface area contributed by atoms with Crippen molar-refractivity contribution in [1.29, 1.82) is 5.26 Å². The van der Waals surface area contributed by atoms with Crippen molar-refractivity contribution in [1.82, 2.24) is 0 Å². The summed E-state index contributed by atoms with van der Waals surface area (Å²) in [6, 6.07) is 5.69. The lowest BCUT2D eigenvalue weighted by atomic mass is 9.94. The Balaban J connectivity index is 2.46. The first-order valence-electron chi connectivity index (χ1n) is 6.98. The fourth-order valence-electron chi connectivity index (χ4n) is 3.01. The molecule has 1 aromatic rings. The maximum Gasteiger partial charge on any atom is 0.417 e. The van der Waals surface area contributed by atoms with E-state index in [4.69, 9.17) is 11.0 Å². The van der Waals surface area contributed by atoms with Crippen molar-refractivity contribution in [3.8, 4) is 6.07 Å². The smallest absolute Gasteiger partial charge is 0.365 e. The molecule has 1 saturated heterocycles. The molecule has 0 bridgehead atoms. The number of hydrogen-bond donors (Lipinski definition) is 1. The summed E-state index contributed by atoms with van der Waals surface area (Å²) in [4.78, 5) is 1.96. The minimum absolute atomic E-state index is 0.0442. The molecule has 0 spiro atoms. The third kappa shape index (κ3) is 3.13. The van der Waals surface area contributed by atoms with Gasteiger partial charge in [0.15, 0.2) is 0 Å². The zero-order chi connectivity index (χ0) is 15.6. The van der Waals surface area contributed by atoms with Crippen LogP contribution in [0.2, 0.25) is 0 Å². The molecule has 0 aliphatic carbocycles. The molecule has 1 heterocycles. The first-order valence-corrected chi connectivity index (χ1v) is 6.98. The SMILES string of the molecule is CC1CCCC(CN)N1c1ccc(C#N)c(C(F)(F)F)c1. The second-order valence-electron chi connectivity index (χ2n) is 5.42. The molecule has 1 fully saturated rings. The van der Waals surface area contributed by atoms with Crippen molar-refractivity contribution < 1.29 is 13.2 Å². The number of halogens is 3. The molecule has 0 saturated carbocycles. The number of rotatable bonds is 2. The normalized spacial score (nSPS) is 23.0. The van der Waals surface area contributed by atoms with E-state index in [0.29, 0.717) is 12.2 Å². The van der Waals surface area contributed by atoms with Crippen molar-refractivity contribution in [2.24, 2.45) is 5.73 Å². The Bertz CT molecular complexity index is 548. The van der Waals surface area contributed by atoms with Crippen molar-refractivity contribution in [3.63, 3.8) is 0 Å². The summed E-state index contributed by atoms with van der Waals surface area (Å²) in [6.45, 7) is 2.40. The lowest BCUT2D eigenvalue weighted by molar-refractivity contribution is -0.137. The van der Waals surface area contributed by atoms with Gasteiger partial charge in [-0.1, -0.05) is 0 Å². The Morgan fingerprint density at radius 2 is 2.10 bits per heavy atom. The van der Waals surface area contributed by atoms with Gasteiger partial charge >= 0.3 is 6.18 Å². The minimum atomic E-state index is -4.53. The molecule has 0 aromatic heterocycles. The summed E-state index contributed by atoms with van der Waals surface area (Å²) >= 11 is 0. The molecule has 1 aliphatic heterocycles. The summed E-state index contributed by atoms with van der Waals surface area (Å²) in [5.41, 5.74) is 5.02. The molecule has 2 rings (SSSR count). The van der Waals surface area contributed by atoms with E-state index < -0.39 is 11.7 Å². The van der Waals surface area contributed by atoms with Gasteiger partial charge in [-0.25, -0.2) is 0 Å². The highest BCUT2D eigenvalue weighted by Crippen LogP contribution is 2.36. The molecule has 2 atom stereocenters. The third-order valence-electron chi connectivity index (χ3n) is 4.03. The van der Waals surface area contributed by atoms with Gasteiger partial charge in [-0.05, 0) is 44.4 Å². The van der Waals surface area contributed by atoms with Crippen molar-refractivity contribution in [3.05, 3.63) is 29.3 Å². The summed E-state index contributed by atoms with van der Waals surface area (Å²) in [7, 11) is 0. The Kier molecular flexibility index (Phi) is 4.43. The predicted octanol–water partition coefficient (Wildman–Crippen LogP) is 3.28. The van der Waals surface area contributed by atoms with E-state index in [9.17, 15) is 13.2 Å². The lowest BCUT2D eigenvalue weighted by Gasteiger charge is -2.42. The maximum atomic E-state index is 13.1. The standard InChI is InChI=1S/C15H18F3N3/c1-10-3-2-4-13(9-20)21(10)12-6-5-11(8-19)14(7-12)15(16,17)18/h5-7,10,13H,2-4,9,20H2,1H3. The third-order valence-corrected chi connectivity index (χ3v) is 4.03. The van der Waals surface area contributed by atoms with E-state index >= 15 is 0 Å². The summed E-state index contributed by atoms with van der Waals surface area (Å²) < 4.78 is 39.2. The molecule has 21 heavy (non-hydrogen) atoms. The van der Waals surface area contributed by atoms with Gasteiger partial charge in [-0.2, -0.15) is 18.4 Å². The molecule has 0 amide bonds. The minimum Gasteiger partial charge on any atom is -0.365 e.